The quantitative estimate of drug-likeness (QED) is 0.419. The third kappa shape index (κ3) is 2.33. The van der Waals surface area contributed by atoms with Crippen molar-refractivity contribution in [1.29, 1.82) is 0 Å². The topological polar surface area (TPSA) is 0 Å². The molecule has 3 rings (SSSR count). The molecule has 0 bridgehead atoms. The molecule has 0 aliphatic heterocycles. The molecule has 0 N–H and O–H groups in total. The molecule has 0 saturated carbocycles. The third-order valence-electron chi connectivity index (χ3n) is 3.05. The molecule has 0 saturated heterocycles. The molecular formula is C16H13La-. The summed E-state index contributed by atoms with van der Waals surface area (Å²) in [5, 5.41) is 5.13. The van der Waals surface area contributed by atoms with Crippen LogP contribution < -0.4 is 0 Å². The van der Waals surface area contributed by atoms with Crippen LogP contribution in [0.1, 0.15) is 11.1 Å². The van der Waals surface area contributed by atoms with Crippen molar-refractivity contribution in [2.24, 2.45) is 0 Å². The van der Waals surface area contributed by atoms with Gasteiger partial charge in [0.2, 0.25) is 0 Å². The second-order valence-electron chi connectivity index (χ2n) is 4.39. The first-order valence-corrected chi connectivity index (χ1v) is 5.56. The van der Waals surface area contributed by atoms with Crippen LogP contribution in [0.5, 0.6) is 0 Å². The van der Waals surface area contributed by atoms with Crippen molar-refractivity contribution in [3.8, 4) is 0 Å². The minimum Gasteiger partial charge on any atom is -0.142 e. The molecule has 0 heterocycles. The maximum atomic E-state index is 3.40. The second kappa shape index (κ2) is 4.93. The van der Waals surface area contributed by atoms with Gasteiger partial charge in [0.15, 0.2) is 0 Å². The molecule has 1 radical (unpaired) electrons. The molecule has 0 aliphatic rings. The van der Waals surface area contributed by atoms with Gasteiger partial charge in [-0.15, -0.1) is 40.6 Å². The minimum absolute atomic E-state index is 0. The van der Waals surface area contributed by atoms with E-state index in [1.807, 2.05) is 0 Å². The molecule has 3 aromatic carbocycles. The number of benzene rings is 3. The first-order chi connectivity index (χ1) is 7.74. The van der Waals surface area contributed by atoms with Gasteiger partial charge >= 0.3 is 0 Å². The fourth-order valence-corrected chi connectivity index (χ4v) is 2.22. The van der Waals surface area contributed by atoms with E-state index in [4.69, 9.17) is 0 Å². The normalized spacial score (nSPS) is 10.5. The summed E-state index contributed by atoms with van der Waals surface area (Å²) in [6, 6.07) is 18.7. The fraction of sp³-hybridized carbons (Fsp3) is 0.125. The number of hydrogen-bond acceptors (Lipinski definition) is 0. The van der Waals surface area contributed by atoms with Crippen LogP contribution in [0.3, 0.4) is 0 Å². The Bertz CT molecular complexity index is 623. The molecule has 17 heavy (non-hydrogen) atoms. The number of fused-ring (bicyclic) bond motifs is 3. The van der Waals surface area contributed by atoms with E-state index in [9.17, 15) is 0 Å². The average Bonchev–Trinajstić information content (AvgIpc) is 2.28. The van der Waals surface area contributed by atoms with Gasteiger partial charge in [0.05, 0.1) is 0 Å². The monoisotopic (exact) mass is 344 g/mol. The predicted octanol–water partition coefficient (Wildman–Crippen LogP) is 4.41. The minimum atomic E-state index is 0. The van der Waals surface area contributed by atoms with Crippen molar-refractivity contribution >= 4 is 21.5 Å². The van der Waals surface area contributed by atoms with Gasteiger partial charge in [-0.3, -0.25) is 0 Å². The molecule has 3 aromatic rings. The average molecular weight is 344 g/mol. The van der Waals surface area contributed by atoms with E-state index in [2.05, 4.69) is 62.4 Å². The predicted molar refractivity (Wildman–Crippen MR) is 69.8 cm³/mol. The van der Waals surface area contributed by atoms with E-state index in [1.54, 1.807) is 0 Å². The van der Waals surface area contributed by atoms with Crippen molar-refractivity contribution in [3.05, 3.63) is 59.7 Å². The van der Waals surface area contributed by atoms with E-state index in [-0.39, 0.29) is 35.6 Å². The summed E-state index contributed by atoms with van der Waals surface area (Å²) in [5.41, 5.74) is 2.50. The molecule has 0 amide bonds. The molecular weight excluding hydrogens is 331 g/mol. The zero-order valence-corrected chi connectivity index (χ0v) is 13.7. The number of hydrogen-bond donors (Lipinski definition) is 0. The van der Waals surface area contributed by atoms with E-state index in [0.29, 0.717) is 0 Å². The number of aryl methyl sites for hydroxylation is 2. The molecule has 0 fully saturated rings. The Hall–Kier alpha value is -0.625. The maximum Gasteiger partial charge on any atom is 0 e. The Morgan fingerprint density at radius 3 is 2.41 bits per heavy atom. The third-order valence-corrected chi connectivity index (χ3v) is 3.05. The summed E-state index contributed by atoms with van der Waals surface area (Å²) in [5.74, 6) is 0. The van der Waals surface area contributed by atoms with Crippen LogP contribution >= 0.6 is 0 Å². The molecule has 81 valence electrons. The molecule has 0 spiro atoms. The molecule has 0 aliphatic carbocycles. The Balaban J connectivity index is 0.00000108. The first kappa shape index (κ1) is 12.8. The molecule has 0 atom stereocenters. The van der Waals surface area contributed by atoms with Gasteiger partial charge in [-0.1, -0.05) is 42.1 Å². The van der Waals surface area contributed by atoms with Crippen molar-refractivity contribution < 1.29 is 35.6 Å². The Kier molecular flexibility index (Phi) is 3.72. The van der Waals surface area contributed by atoms with Crippen LogP contribution in [0.25, 0.3) is 21.5 Å². The Labute approximate surface area is 130 Å². The summed E-state index contributed by atoms with van der Waals surface area (Å²) < 4.78 is 0. The van der Waals surface area contributed by atoms with Gasteiger partial charge in [0.1, 0.15) is 0 Å². The van der Waals surface area contributed by atoms with Crippen molar-refractivity contribution in [2.75, 3.05) is 0 Å². The van der Waals surface area contributed by atoms with Crippen molar-refractivity contribution in [1.82, 2.24) is 0 Å². The summed E-state index contributed by atoms with van der Waals surface area (Å²) >= 11 is 0. The standard InChI is InChI=1S/C16H13.La/c1-11-3-7-15-13(9-11)5-6-14-10-12(2)4-8-16(14)15;/h3-9H,1-2H3;/q-1;. The zero-order chi connectivity index (χ0) is 11.1. The summed E-state index contributed by atoms with van der Waals surface area (Å²) in [7, 11) is 0. The van der Waals surface area contributed by atoms with Crippen LogP contribution in [-0.4, -0.2) is 0 Å². The Morgan fingerprint density at radius 1 is 0.824 bits per heavy atom. The van der Waals surface area contributed by atoms with Crippen LogP contribution in [-0.2, 0) is 0 Å². The van der Waals surface area contributed by atoms with Crippen LogP contribution in [0, 0.1) is 55.5 Å². The van der Waals surface area contributed by atoms with Crippen LogP contribution in [0.4, 0.5) is 0 Å². The van der Waals surface area contributed by atoms with E-state index < -0.39 is 0 Å². The zero-order valence-electron chi connectivity index (χ0n) is 10.1. The van der Waals surface area contributed by atoms with E-state index in [1.165, 1.54) is 32.7 Å². The Morgan fingerprint density at radius 2 is 1.59 bits per heavy atom. The first-order valence-electron chi connectivity index (χ1n) is 5.56. The fourth-order valence-electron chi connectivity index (χ4n) is 2.22. The van der Waals surface area contributed by atoms with Gasteiger partial charge in [0, 0.05) is 35.6 Å². The second-order valence-corrected chi connectivity index (χ2v) is 4.39. The molecule has 0 unspecified atom stereocenters. The van der Waals surface area contributed by atoms with Gasteiger partial charge in [0.25, 0.3) is 0 Å². The van der Waals surface area contributed by atoms with Crippen molar-refractivity contribution in [2.45, 2.75) is 13.8 Å². The van der Waals surface area contributed by atoms with Gasteiger partial charge < -0.3 is 0 Å². The summed E-state index contributed by atoms with van der Waals surface area (Å²) in [4.78, 5) is 0. The largest absolute Gasteiger partial charge is 0.142 e. The van der Waals surface area contributed by atoms with Crippen LogP contribution in [0.2, 0.25) is 0 Å². The SMILES string of the molecule is Cc1[c-]c2ccc3cc(C)ccc3c2cc1.[La]. The smallest absolute Gasteiger partial charge is 0 e. The van der Waals surface area contributed by atoms with E-state index >= 15 is 0 Å². The maximum absolute atomic E-state index is 3.40. The molecule has 1 heteroatoms. The molecule has 0 nitrogen and oxygen atoms in total. The summed E-state index contributed by atoms with van der Waals surface area (Å²) in [6.07, 6.45) is 0. The van der Waals surface area contributed by atoms with Crippen molar-refractivity contribution in [3.63, 3.8) is 0 Å². The van der Waals surface area contributed by atoms with E-state index in [0.717, 1.165) is 0 Å². The number of rotatable bonds is 0. The van der Waals surface area contributed by atoms with Gasteiger partial charge in [-0.2, -0.15) is 0 Å². The van der Waals surface area contributed by atoms with Gasteiger partial charge in [-0.05, 0) is 12.3 Å². The molecule has 0 aromatic heterocycles. The summed E-state index contributed by atoms with van der Waals surface area (Å²) in [6.45, 7) is 4.21. The van der Waals surface area contributed by atoms with Gasteiger partial charge in [-0.25, -0.2) is 0 Å². The van der Waals surface area contributed by atoms with Crippen LogP contribution in [0.15, 0.2) is 42.5 Å².